The second-order valence-corrected chi connectivity index (χ2v) is 4.99. The maximum atomic E-state index is 11.9. The van der Waals surface area contributed by atoms with E-state index in [-0.39, 0.29) is 11.4 Å². The monoisotopic (exact) mass is 296 g/mol. The van der Waals surface area contributed by atoms with E-state index in [9.17, 15) is 4.79 Å². The van der Waals surface area contributed by atoms with Gasteiger partial charge in [0.05, 0.1) is 5.69 Å². The highest BCUT2D eigenvalue weighted by atomic mass is 16.1. The van der Waals surface area contributed by atoms with Crippen LogP contribution in [0.3, 0.4) is 0 Å². The average Bonchev–Trinajstić information content (AvgIpc) is 2.82. The van der Waals surface area contributed by atoms with Crippen LogP contribution in [0.15, 0.2) is 45.4 Å². The number of nitrogens with two attached hydrogens (primary N) is 1. The predicted octanol–water partition coefficient (Wildman–Crippen LogP) is 2.89. The van der Waals surface area contributed by atoms with Crippen molar-refractivity contribution < 1.29 is 0 Å². The van der Waals surface area contributed by atoms with Gasteiger partial charge in [-0.3, -0.25) is 9.89 Å². The number of H-pyrrole nitrogens is 1. The molecule has 7 heteroatoms. The Morgan fingerprint density at radius 1 is 1.27 bits per heavy atom. The summed E-state index contributed by atoms with van der Waals surface area (Å²) in [5, 5.41) is 11.1. The van der Waals surface area contributed by atoms with Gasteiger partial charge in [0.1, 0.15) is 5.82 Å². The second kappa shape index (κ2) is 5.44. The molecular formula is C15H16N6O. The summed E-state index contributed by atoms with van der Waals surface area (Å²) in [6.45, 7) is 3.84. The highest BCUT2D eigenvalue weighted by Crippen LogP contribution is 2.27. The van der Waals surface area contributed by atoms with Gasteiger partial charge < -0.3 is 5.73 Å². The molecule has 0 aliphatic rings. The fraction of sp³-hybridized carbons (Fsp3) is 0.200. The van der Waals surface area contributed by atoms with E-state index in [1.165, 1.54) is 16.1 Å². The van der Waals surface area contributed by atoms with Gasteiger partial charge in [-0.2, -0.15) is 9.63 Å². The topological polar surface area (TPSA) is 101 Å². The second-order valence-electron chi connectivity index (χ2n) is 4.99. The number of aromatic amines is 1. The Labute approximate surface area is 126 Å². The van der Waals surface area contributed by atoms with E-state index >= 15 is 0 Å². The molecule has 0 amide bonds. The summed E-state index contributed by atoms with van der Waals surface area (Å²) in [5.74, 6) is 0.254. The molecule has 0 bridgehead atoms. The zero-order valence-corrected chi connectivity index (χ0v) is 12.4. The molecule has 0 spiro atoms. The van der Waals surface area contributed by atoms with Crippen LogP contribution in [-0.2, 0) is 6.42 Å². The normalized spacial score (nSPS) is 11.5. The Morgan fingerprint density at radius 3 is 2.68 bits per heavy atom. The smallest absolute Gasteiger partial charge is 0.273 e. The lowest BCUT2D eigenvalue weighted by Gasteiger charge is -1.96. The van der Waals surface area contributed by atoms with Crippen LogP contribution in [0.25, 0.3) is 5.65 Å². The van der Waals surface area contributed by atoms with Crippen LogP contribution in [0.5, 0.6) is 0 Å². The van der Waals surface area contributed by atoms with Crippen LogP contribution in [0, 0.1) is 6.92 Å². The number of nitrogen functional groups attached to an aromatic ring is 1. The number of nitrogens with one attached hydrogen (secondary N) is 1. The average molecular weight is 296 g/mol. The van der Waals surface area contributed by atoms with Crippen molar-refractivity contribution in [2.45, 2.75) is 20.3 Å². The number of hydrogen-bond acceptors (Lipinski definition) is 5. The van der Waals surface area contributed by atoms with Crippen LogP contribution in [0.1, 0.15) is 18.2 Å². The molecule has 7 nitrogen and oxygen atoms in total. The summed E-state index contributed by atoms with van der Waals surface area (Å²) in [5.41, 5.74) is 8.92. The molecule has 2 aromatic heterocycles. The van der Waals surface area contributed by atoms with Gasteiger partial charge in [-0.25, -0.2) is 4.98 Å². The summed E-state index contributed by atoms with van der Waals surface area (Å²) in [6.07, 6.45) is 0.971. The fourth-order valence-corrected chi connectivity index (χ4v) is 2.16. The molecule has 112 valence electrons. The van der Waals surface area contributed by atoms with Crippen LogP contribution in [0.2, 0.25) is 0 Å². The molecule has 2 heterocycles. The number of aromatic nitrogens is 3. The molecule has 0 fully saturated rings. The van der Waals surface area contributed by atoms with Gasteiger partial charge >= 0.3 is 0 Å². The molecular weight excluding hydrogens is 280 g/mol. The van der Waals surface area contributed by atoms with Crippen molar-refractivity contribution in [3.63, 3.8) is 0 Å². The summed E-state index contributed by atoms with van der Waals surface area (Å²) >= 11 is 0. The number of anilines is 1. The number of aryl methyl sites for hydroxylation is 2. The summed E-state index contributed by atoms with van der Waals surface area (Å²) in [4.78, 5) is 16.2. The Hall–Kier alpha value is -2.96. The van der Waals surface area contributed by atoms with E-state index in [1.54, 1.807) is 6.92 Å². The van der Waals surface area contributed by atoms with Crippen LogP contribution in [0.4, 0.5) is 17.2 Å². The van der Waals surface area contributed by atoms with Crippen molar-refractivity contribution in [1.82, 2.24) is 14.6 Å². The van der Waals surface area contributed by atoms with E-state index in [1.807, 2.05) is 24.3 Å². The number of hydrogen-bond donors (Lipinski definition) is 2. The third kappa shape index (κ3) is 2.48. The van der Waals surface area contributed by atoms with Gasteiger partial charge in [-0.15, -0.1) is 5.11 Å². The molecule has 0 atom stereocenters. The van der Waals surface area contributed by atoms with E-state index in [2.05, 4.69) is 27.2 Å². The molecule has 0 radical (unpaired) electrons. The van der Waals surface area contributed by atoms with E-state index < -0.39 is 0 Å². The molecule has 22 heavy (non-hydrogen) atoms. The Balaban J connectivity index is 2.04. The van der Waals surface area contributed by atoms with Gasteiger partial charge in [0.2, 0.25) is 0 Å². The van der Waals surface area contributed by atoms with Crippen molar-refractivity contribution in [3.8, 4) is 0 Å². The molecule has 1 aromatic carbocycles. The third-order valence-electron chi connectivity index (χ3n) is 3.36. The highest BCUT2D eigenvalue weighted by Gasteiger charge is 2.12. The minimum absolute atomic E-state index is 0.233. The quantitative estimate of drug-likeness (QED) is 0.726. The summed E-state index contributed by atoms with van der Waals surface area (Å²) < 4.78 is 1.26. The molecule has 0 unspecified atom stereocenters. The standard InChI is InChI=1S/C15H16N6O/c1-3-10-4-6-11(7-5-10)18-19-13-14(16)20-21-12(22)8-9(2)17-15(13)21/h4-8,20H,3,16H2,1-2H3. The Morgan fingerprint density at radius 2 is 2.00 bits per heavy atom. The molecule has 0 aliphatic carbocycles. The van der Waals surface area contributed by atoms with Crippen molar-refractivity contribution in [1.29, 1.82) is 0 Å². The van der Waals surface area contributed by atoms with Gasteiger partial charge in [0, 0.05) is 11.8 Å². The van der Waals surface area contributed by atoms with E-state index in [4.69, 9.17) is 5.73 Å². The largest absolute Gasteiger partial charge is 0.382 e. The molecule has 3 aromatic rings. The summed E-state index contributed by atoms with van der Waals surface area (Å²) in [7, 11) is 0. The van der Waals surface area contributed by atoms with Crippen molar-refractivity contribution in [3.05, 3.63) is 51.9 Å². The van der Waals surface area contributed by atoms with Crippen LogP contribution < -0.4 is 11.3 Å². The van der Waals surface area contributed by atoms with Gasteiger partial charge in [0.15, 0.2) is 11.3 Å². The van der Waals surface area contributed by atoms with E-state index in [0.29, 0.717) is 22.7 Å². The number of benzene rings is 1. The zero-order chi connectivity index (χ0) is 15.7. The Bertz CT molecular complexity index is 904. The van der Waals surface area contributed by atoms with Gasteiger partial charge in [-0.1, -0.05) is 19.1 Å². The van der Waals surface area contributed by atoms with Crippen LogP contribution >= 0.6 is 0 Å². The lowest BCUT2D eigenvalue weighted by Crippen LogP contribution is -2.14. The number of azo groups is 1. The van der Waals surface area contributed by atoms with Gasteiger partial charge in [0.25, 0.3) is 5.56 Å². The Kier molecular flexibility index (Phi) is 3.46. The van der Waals surface area contributed by atoms with Gasteiger partial charge in [-0.05, 0) is 31.0 Å². The first kappa shape index (κ1) is 14.0. The first-order valence-corrected chi connectivity index (χ1v) is 6.97. The predicted molar refractivity (Wildman–Crippen MR) is 85.0 cm³/mol. The highest BCUT2D eigenvalue weighted by molar-refractivity contribution is 5.75. The molecule has 3 N–H and O–H groups in total. The number of fused-ring (bicyclic) bond motifs is 1. The lowest BCUT2D eigenvalue weighted by atomic mass is 10.2. The maximum absolute atomic E-state index is 11.9. The zero-order valence-electron chi connectivity index (χ0n) is 12.4. The van der Waals surface area contributed by atoms with Crippen molar-refractivity contribution in [2.24, 2.45) is 10.2 Å². The molecule has 3 rings (SSSR count). The third-order valence-corrected chi connectivity index (χ3v) is 3.36. The number of nitrogens with zero attached hydrogens (tertiary/aromatic N) is 4. The van der Waals surface area contributed by atoms with Crippen molar-refractivity contribution in [2.75, 3.05) is 5.73 Å². The first-order valence-electron chi connectivity index (χ1n) is 6.97. The molecule has 0 saturated carbocycles. The van der Waals surface area contributed by atoms with Crippen LogP contribution in [-0.4, -0.2) is 14.6 Å². The number of rotatable bonds is 3. The maximum Gasteiger partial charge on any atom is 0.273 e. The minimum Gasteiger partial charge on any atom is -0.382 e. The lowest BCUT2D eigenvalue weighted by molar-refractivity contribution is 0.894. The van der Waals surface area contributed by atoms with Crippen molar-refractivity contribution >= 4 is 22.8 Å². The fourth-order valence-electron chi connectivity index (χ4n) is 2.16. The first-order chi connectivity index (χ1) is 10.6. The minimum atomic E-state index is -0.233. The SMILES string of the molecule is CCc1ccc(N=Nc2c(N)[nH]n3c(=O)cc(C)nc23)cc1. The molecule has 0 saturated heterocycles. The molecule has 0 aliphatic heterocycles. The van der Waals surface area contributed by atoms with E-state index in [0.717, 1.165) is 6.42 Å². The summed E-state index contributed by atoms with van der Waals surface area (Å²) in [6, 6.07) is 9.20.